The van der Waals surface area contributed by atoms with Crippen LogP contribution in [-0.2, 0) is 6.42 Å². The van der Waals surface area contributed by atoms with Gasteiger partial charge in [-0.25, -0.2) is 4.79 Å². The molecule has 0 fully saturated rings. The number of rotatable bonds is 5. The lowest BCUT2D eigenvalue weighted by Crippen LogP contribution is -2.24. The number of hydrogen-bond donors (Lipinski definition) is 2. The zero-order valence-electron chi connectivity index (χ0n) is 10.4. The summed E-state index contributed by atoms with van der Waals surface area (Å²) >= 11 is 6.99. The van der Waals surface area contributed by atoms with E-state index in [9.17, 15) is 9.59 Å². The van der Waals surface area contributed by atoms with E-state index in [4.69, 9.17) is 16.7 Å². The molecule has 2 rings (SSSR count). The first kappa shape index (κ1) is 14.6. The lowest BCUT2D eigenvalue weighted by molar-refractivity contribution is 0.0696. The molecule has 0 radical (unpaired) electrons. The van der Waals surface area contributed by atoms with Gasteiger partial charge in [0, 0.05) is 6.54 Å². The molecule has 1 heterocycles. The van der Waals surface area contributed by atoms with Crippen molar-refractivity contribution >= 4 is 34.8 Å². The number of nitrogens with one attached hydrogen (secondary N) is 1. The number of benzene rings is 1. The molecule has 1 aromatic heterocycles. The Morgan fingerprint density at radius 2 is 2.05 bits per heavy atom. The van der Waals surface area contributed by atoms with Crippen LogP contribution in [0.25, 0.3) is 0 Å². The predicted octanol–water partition coefficient (Wildman–Crippen LogP) is 3.07. The molecule has 2 N–H and O–H groups in total. The second-order valence-electron chi connectivity index (χ2n) is 4.12. The van der Waals surface area contributed by atoms with Crippen LogP contribution >= 0.6 is 22.9 Å². The van der Waals surface area contributed by atoms with Crippen molar-refractivity contribution < 1.29 is 14.7 Å². The Bertz CT molecular complexity index is 639. The molecule has 0 spiro atoms. The van der Waals surface area contributed by atoms with Gasteiger partial charge in [-0.1, -0.05) is 23.7 Å². The van der Waals surface area contributed by atoms with Gasteiger partial charge in [0.1, 0.15) is 0 Å². The van der Waals surface area contributed by atoms with Crippen LogP contribution in [0.4, 0.5) is 0 Å². The highest BCUT2D eigenvalue weighted by Gasteiger charge is 2.08. The minimum Gasteiger partial charge on any atom is -0.478 e. The number of amides is 1. The van der Waals surface area contributed by atoms with Gasteiger partial charge in [0.2, 0.25) is 0 Å². The summed E-state index contributed by atoms with van der Waals surface area (Å²) in [4.78, 5) is 23.2. The van der Waals surface area contributed by atoms with Crippen molar-refractivity contribution in [2.75, 3.05) is 6.54 Å². The molecule has 20 heavy (non-hydrogen) atoms. The van der Waals surface area contributed by atoms with Crippen LogP contribution in [0.3, 0.4) is 0 Å². The zero-order valence-corrected chi connectivity index (χ0v) is 12.0. The summed E-state index contributed by atoms with van der Waals surface area (Å²) in [6.07, 6.45) is 0.575. The Labute approximate surface area is 125 Å². The standard InChI is InChI=1S/C14H12ClNO3S/c15-12-5-4-11(20-12)13(17)16-7-6-9-2-1-3-10(8-9)14(18)19/h1-5,8H,6-7H2,(H,16,17)(H,18,19). The number of aromatic carboxylic acids is 1. The molecule has 0 saturated heterocycles. The minimum atomic E-state index is -0.955. The second kappa shape index (κ2) is 6.54. The molecule has 0 unspecified atom stereocenters. The van der Waals surface area contributed by atoms with Crippen LogP contribution in [0, 0.1) is 0 Å². The normalized spacial score (nSPS) is 10.2. The maximum atomic E-state index is 11.8. The molecule has 104 valence electrons. The second-order valence-corrected chi connectivity index (χ2v) is 5.83. The van der Waals surface area contributed by atoms with E-state index in [1.165, 1.54) is 17.4 Å². The Hall–Kier alpha value is -1.85. The van der Waals surface area contributed by atoms with Gasteiger partial charge in [-0.3, -0.25) is 4.79 Å². The highest BCUT2D eigenvalue weighted by Crippen LogP contribution is 2.21. The predicted molar refractivity (Wildman–Crippen MR) is 78.8 cm³/mol. The number of hydrogen-bond acceptors (Lipinski definition) is 3. The number of carboxylic acids is 1. The lowest BCUT2D eigenvalue weighted by Gasteiger charge is -2.04. The van der Waals surface area contributed by atoms with Crippen molar-refractivity contribution in [3.05, 3.63) is 56.7 Å². The molecule has 0 aliphatic carbocycles. The molecule has 6 heteroatoms. The molecule has 0 saturated carbocycles. The summed E-state index contributed by atoms with van der Waals surface area (Å²) < 4.78 is 0.573. The van der Waals surface area contributed by atoms with Gasteiger partial charge in [0.05, 0.1) is 14.8 Å². The van der Waals surface area contributed by atoms with Crippen LogP contribution in [0.2, 0.25) is 4.34 Å². The third-order valence-electron chi connectivity index (χ3n) is 2.67. The fourth-order valence-corrected chi connectivity index (χ4v) is 2.66. The van der Waals surface area contributed by atoms with Crippen molar-refractivity contribution in [3.8, 4) is 0 Å². The van der Waals surface area contributed by atoms with E-state index in [1.807, 2.05) is 6.07 Å². The van der Waals surface area contributed by atoms with E-state index in [0.29, 0.717) is 22.2 Å². The highest BCUT2D eigenvalue weighted by molar-refractivity contribution is 7.17. The fraction of sp³-hybridized carbons (Fsp3) is 0.143. The number of carbonyl (C=O) groups excluding carboxylic acids is 1. The summed E-state index contributed by atoms with van der Waals surface area (Å²) in [5, 5.41) is 11.7. The minimum absolute atomic E-state index is 0.170. The van der Waals surface area contributed by atoms with Crippen LogP contribution < -0.4 is 5.32 Å². The smallest absolute Gasteiger partial charge is 0.335 e. The molecule has 0 aliphatic heterocycles. The van der Waals surface area contributed by atoms with Gasteiger partial charge < -0.3 is 10.4 Å². The van der Waals surface area contributed by atoms with E-state index < -0.39 is 5.97 Å². The van der Waals surface area contributed by atoms with Crippen molar-refractivity contribution in [3.63, 3.8) is 0 Å². The quantitative estimate of drug-likeness (QED) is 0.892. The van der Waals surface area contributed by atoms with Gasteiger partial charge in [-0.2, -0.15) is 0 Å². The van der Waals surface area contributed by atoms with E-state index in [0.717, 1.165) is 5.56 Å². The SMILES string of the molecule is O=C(O)c1cccc(CCNC(=O)c2ccc(Cl)s2)c1. The topological polar surface area (TPSA) is 66.4 Å². The van der Waals surface area contributed by atoms with E-state index in [2.05, 4.69) is 5.32 Å². The fourth-order valence-electron chi connectivity index (χ4n) is 1.70. The van der Waals surface area contributed by atoms with Crippen molar-refractivity contribution in [1.29, 1.82) is 0 Å². The first-order valence-corrected chi connectivity index (χ1v) is 7.11. The summed E-state index contributed by atoms with van der Waals surface area (Å²) in [6.45, 7) is 0.442. The zero-order chi connectivity index (χ0) is 14.5. The van der Waals surface area contributed by atoms with E-state index in [1.54, 1.807) is 24.3 Å². The Morgan fingerprint density at radius 1 is 1.25 bits per heavy atom. The van der Waals surface area contributed by atoms with Crippen LogP contribution in [0.15, 0.2) is 36.4 Å². The summed E-state index contributed by atoms with van der Waals surface area (Å²) in [5.74, 6) is -1.12. The van der Waals surface area contributed by atoms with Crippen molar-refractivity contribution in [1.82, 2.24) is 5.32 Å². The Morgan fingerprint density at radius 3 is 2.70 bits per heavy atom. The lowest BCUT2D eigenvalue weighted by atomic mass is 10.1. The Kier molecular flexibility index (Phi) is 4.76. The average Bonchev–Trinajstić information content (AvgIpc) is 2.86. The maximum Gasteiger partial charge on any atom is 0.335 e. The summed E-state index contributed by atoms with van der Waals surface area (Å²) in [7, 11) is 0. The molecule has 1 aromatic carbocycles. The molecule has 0 aliphatic rings. The Balaban J connectivity index is 1.88. The van der Waals surface area contributed by atoms with Crippen molar-refractivity contribution in [2.45, 2.75) is 6.42 Å². The number of carbonyl (C=O) groups is 2. The van der Waals surface area contributed by atoms with Gasteiger partial charge in [-0.15, -0.1) is 11.3 Å². The van der Waals surface area contributed by atoms with Gasteiger partial charge in [-0.05, 0) is 36.2 Å². The third kappa shape index (κ3) is 3.82. The molecular formula is C14H12ClNO3S. The van der Waals surface area contributed by atoms with E-state index in [-0.39, 0.29) is 11.5 Å². The average molecular weight is 310 g/mol. The summed E-state index contributed by atoms with van der Waals surface area (Å²) in [5.41, 5.74) is 1.12. The van der Waals surface area contributed by atoms with Gasteiger partial charge in [0.15, 0.2) is 0 Å². The monoisotopic (exact) mass is 309 g/mol. The largest absolute Gasteiger partial charge is 0.478 e. The molecular weight excluding hydrogens is 298 g/mol. The molecule has 1 amide bonds. The molecule has 0 atom stereocenters. The molecule has 0 bridgehead atoms. The van der Waals surface area contributed by atoms with Crippen LogP contribution in [0.1, 0.15) is 25.6 Å². The van der Waals surface area contributed by atoms with Gasteiger partial charge >= 0.3 is 5.97 Å². The molecule has 2 aromatic rings. The number of carboxylic acid groups (broad SMARTS) is 1. The highest BCUT2D eigenvalue weighted by atomic mass is 35.5. The maximum absolute atomic E-state index is 11.8. The van der Waals surface area contributed by atoms with Gasteiger partial charge in [0.25, 0.3) is 5.91 Å². The van der Waals surface area contributed by atoms with E-state index >= 15 is 0 Å². The number of thiophene rings is 1. The first-order valence-electron chi connectivity index (χ1n) is 5.92. The first-order chi connectivity index (χ1) is 9.56. The third-order valence-corrected chi connectivity index (χ3v) is 3.90. The number of halogens is 1. The van der Waals surface area contributed by atoms with Crippen LogP contribution in [-0.4, -0.2) is 23.5 Å². The van der Waals surface area contributed by atoms with Crippen molar-refractivity contribution in [2.24, 2.45) is 0 Å². The van der Waals surface area contributed by atoms with Crippen LogP contribution in [0.5, 0.6) is 0 Å². The summed E-state index contributed by atoms with van der Waals surface area (Å²) in [6, 6.07) is 10.0. The molecule has 4 nitrogen and oxygen atoms in total.